The Morgan fingerprint density at radius 3 is 2.78 bits per heavy atom. The smallest absolute Gasteiger partial charge is 0.0868 e. The van der Waals surface area contributed by atoms with Crippen molar-refractivity contribution in [3.05, 3.63) is 33.4 Å². The summed E-state index contributed by atoms with van der Waals surface area (Å²) in [6, 6.07) is 4.37. The highest BCUT2D eigenvalue weighted by Gasteiger charge is 2.18. The summed E-state index contributed by atoms with van der Waals surface area (Å²) in [6.45, 7) is 2.13. The number of halogens is 1. The van der Waals surface area contributed by atoms with E-state index in [4.69, 9.17) is 4.98 Å². The Morgan fingerprint density at radius 1 is 1.22 bits per heavy atom. The van der Waals surface area contributed by atoms with Gasteiger partial charge in [-0.25, -0.2) is 0 Å². The molecule has 1 N–H and O–H groups in total. The van der Waals surface area contributed by atoms with Crippen LogP contribution in [0.1, 0.15) is 29.7 Å². The lowest BCUT2D eigenvalue weighted by Gasteiger charge is -2.21. The van der Waals surface area contributed by atoms with Gasteiger partial charge in [0.2, 0.25) is 0 Å². The van der Waals surface area contributed by atoms with Crippen molar-refractivity contribution in [3.8, 4) is 0 Å². The lowest BCUT2D eigenvalue weighted by molar-refractivity contribution is 0.672. The molecule has 0 saturated carbocycles. The maximum absolute atomic E-state index is 4.88. The quantitative estimate of drug-likeness (QED) is 0.853. The minimum atomic E-state index is 1.09. The lowest BCUT2D eigenvalue weighted by Crippen LogP contribution is -2.09. The normalized spacial score (nSPS) is 14.6. The number of hydrogen-bond donors (Lipinski definition) is 1. The molecule has 0 fully saturated rings. The van der Waals surface area contributed by atoms with E-state index in [1.807, 2.05) is 7.05 Å². The van der Waals surface area contributed by atoms with Gasteiger partial charge >= 0.3 is 0 Å². The van der Waals surface area contributed by atoms with Gasteiger partial charge in [-0.05, 0) is 71.8 Å². The SMILES string of the molecule is CNc1c2c(nc3c(Br)cc(C)cc13)CCCC2. The highest BCUT2D eigenvalue weighted by molar-refractivity contribution is 9.10. The van der Waals surface area contributed by atoms with Crippen molar-refractivity contribution in [2.24, 2.45) is 0 Å². The van der Waals surface area contributed by atoms with E-state index in [1.54, 1.807) is 0 Å². The summed E-state index contributed by atoms with van der Waals surface area (Å²) in [5, 5.41) is 4.63. The van der Waals surface area contributed by atoms with Crippen LogP contribution in [0.25, 0.3) is 10.9 Å². The second kappa shape index (κ2) is 4.54. The molecule has 0 radical (unpaired) electrons. The fraction of sp³-hybridized carbons (Fsp3) is 0.400. The van der Waals surface area contributed by atoms with Crippen molar-refractivity contribution >= 4 is 32.5 Å². The van der Waals surface area contributed by atoms with E-state index in [2.05, 4.69) is 40.3 Å². The Morgan fingerprint density at radius 2 is 2.00 bits per heavy atom. The fourth-order valence-electron chi connectivity index (χ4n) is 2.90. The first-order valence-corrected chi connectivity index (χ1v) is 7.29. The molecule has 2 nitrogen and oxygen atoms in total. The molecule has 1 aliphatic carbocycles. The molecule has 3 rings (SSSR count). The second-order valence-electron chi connectivity index (χ2n) is 5.01. The van der Waals surface area contributed by atoms with Crippen molar-refractivity contribution in [1.29, 1.82) is 0 Å². The summed E-state index contributed by atoms with van der Waals surface area (Å²) in [5.74, 6) is 0. The monoisotopic (exact) mass is 304 g/mol. The Labute approximate surface area is 116 Å². The van der Waals surface area contributed by atoms with E-state index in [0.29, 0.717) is 0 Å². The standard InChI is InChI=1S/C15H17BrN2/c1-9-7-11-14(17-2)10-5-3-4-6-13(10)18-15(11)12(16)8-9/h7-8H,3-6H2,1-2H3,(H,17,18). The predicted octanol–water partition coefficient (Wildman–Crippen LogP) is 4.23. The summed E-state index contributed by atoms with van der Waals surface area (Å²) in [4.78, 5) is 4.88. The van der Waals surface area contributed by atoms with Gasteiger partial charge in [0.1, 0.15) is 0 Å². The maximum Gasteiger partial charge on any atom is 0.0868 e. The molecule has 18 heavy (non-hydrogen) atoms. The van der Waals surface area contributed by atoms with E-state index >= 15 is 0 Å². The van der Waals surface area contributed by atoms with Crippen LogP contribution >= 0.6 is 15.9 Å². The molecule has 0 unspecified atom stereocenters. The van der Waals surface area contributed by atoms with Gasteiger partial charge in [-0.2, -0.15) is 0 Å². The fourth-order valence-corrected chi connectivity index (χ4v) is 3.57. The number of rotatable bonds is 1. The van der Waals surface area contributed by atoms with E-state index in [-0.39, 0.29) is 0 Å². The van der Waals surface area contributed by atoms with Crippen LogP contribution in [0, 0.1) is 6.92 Å². The molecule has 0 spiro atoms. The van der Waals surface area contributed by atoms with Crippen LogP contribution in [0.15, 0.2) is 16.6 Å². The maximum atomic E-state index is 4.88. The highest BCUT2D eigenvalue weighted by atomic mass is 79.9. The molecule has 2 aromatic rings. The molecular weight excluding hydrogens is 288 g/mol. The lowest BCUT2D eigenvalue weighted by atomic mass is 9.92. The van der Waals surface area contributed by atoms with Crippen molar-refractivity contribution in [1.82, 2.24) is 4.98 Å². The number of fused-ring (bicyclic) bond motifs is 2. The van der Waals surface area contributed by atoms with Gasteiger partial charge in [0.05, 0.1) is 5.52 Å². The molecule has 0 saturated heterocycles. The van der Waals surface area contributed by atoms with Gasteiger partial charge < -0.3 is 5.32 Å². The molecule has 0 bridgehead atoms. The summed E-state index contributed by atoms with van der Waals surface area (Å²) in [6.07, 6.45) is 4.81. The van der Waals surface area contributed by atoms with Gasteiger partial charge in [0.15, 0.2) is 0 Å². The minimum Gasteiger partial charge on any atom is -0.387 e. The van der Waals surface area contributed by atoms with Crippen molar-refractivity contribution in [2.75, 3.05) is 12.4 Å². The average Bonchev–Trinajstić information content (AvgIpc) is 2.36. The zero-order valence-electron chi connectivity index (χ0n) is 10.8. The molecule has 94 valence electrons. The van der Waals surface area contributed by atoms with E-state index in [9.17, 15) is 0 Å². The molecule has 0 aliphatic heterocycles. The average molecular weight is 305 g/mol. The first kappa shape index (κ1) is 12.0. The summed E-state index contributed by atoms with van der Waals surface area (Å²) in [7, 11) is 2.01. The number of aromatic nitrogens is 1. The van der Waals surface area contributed by atoms with Crippen LogP contribution in [0.4, 0.5) is 5.69 Å². The van der Waals surface area contributed by atoms with Gasteiger partial charge in [-0.3, -0.25) is 4.98 Å². The number of pyridine rings is 1. The van der Waals surface area contributed by atoms with Gasteiger partial charge in [-0.15, -0.1) is 0 Å². The number of anilines is 1. The van der Waals surface area contributed by atoms with E-state index in [1.165, 1.54) is 40.7 Å². The number of nitrogens with one attached hydrogen (secondary N) is 1. The predicted molar refractivity (Wildman–Crippen MR) is 80.4 cm³/mol. The van der Waals surface area contributed by atoms with Crippen LogP contribution in [-0.4, -0.2) is 12.0 Å². The molecule has 1 aromatic carbocycles. The van der Waals surface area contributed by atoms with Crippen LogP contribution in [-0.2, 0) is 12.8 Å². The number of aryl methyl sites for hydroxylation is 2. The topological polar surface area (TPSA) is 24.9 Å². The van der Waals surface area contributed by atoms with Crippen molar-refractivity contribution in [2.45, 2.75) is 32.6 Å². The Hall–Kier alpha value is -1.09. The zero-order chi connectivity index (χ0) is 12.7. The minimum absolute atomic E-state index is 1.09. The second-order valence-corrected chi connectivity index (χ2v) is 5.87. The Kier molecular flexibility index (Phi) is 3.02. The third kappa shape index (κ3) is 1.81. The number of benzene rings is 1. The molecule has 1 aromatic heterocycles. The van der Waals surface area contributed by atoms with Crippen LogP contribution in [0.2, 0.25) is 0 Å². The largest absolute Gasteiger partial charge is 0.387 e. The zero-order valence-corrected chi connectivity index (χ0v) is 12.4. The van der Waals surface area contributed by atoms with Gasteiger partial charge in [0, 0.05) is 28.3 Å². The third-order valence-corrected chi connectivity index (χ3v) is 4.32. The molecule has 1 heterocycles. The summed E-state index contributed by atoms with van der Waals surface area (Å²) >= 11 is 3.65. The first-order valence-electron chi connectivity index (χ1n) is 6.50. The van der Waals surface area contributed by atoms with Gasteiger partial charge in [0.25, 0.3) is 0 Å². The highest BCUT2D eigenvalue weighted by Crippen LogP contribution is 2.36. The molecule has 0 atom stereocenters. The number of nitrogens with zero attached hydrogens (tertiary/aromatic N) is 1. The Balaban J connectivity index is 2.40. The first-order chi connectivity index (χ1) is 8.70. The third-order valence-electron chi connectivity index (χ3n) is 3.71. The van der Waals surface area contributed by atoms with E-state index in [0.717, 1.165) is 22.8 Å². The van der Waals surface area contributed by atoms with Crippen molar-refractivity contribution < 1.29 is 0 Å². The molecule has 3 heteroatoms. The van der Waals surface area contributed by atoms with Gasteiger partial charge in [-0.1, -0.05) is 0 Å². The molecule has 0 amide bonds. The van der Waals surface area contributed by atoms with Crippen LogP contribution < -0.4 is 5.32 Å². The van der Waals surface area contributed by atoms with Crippen molar-refractivity contribution in [3.63, 3.8) is 0 Å². The van der Waals surface area contributed by atoms with Crippen LogP contribution in [0.5, 0.6) is 0 Å². The molecular formula is C15H17BrN2. The molecule has 1 aliphatic rings. The van der Waals surface area contributed by atoms with E-state index < -0.39 is 0 Å². The summed E-state index contributed by atoms with van der Waals surface area (Å²) in [5.41, 5.74) is 6.34. The van der Waals surface area contributed by atoms with Crippen LogP contribution in [0.3, 0.4) is 0 Å². The Bertz CT molecular complexity index is 620. The number of hydrogen-bond acceptors (Lipinski definition) is 2. The summed E-state index contributed by atoms with van der Waals surface area (Å²) < 4.78 is 1.10.